The van der Waals surface area contributed by atoms with Crippen LogP contribution in [-0.2, 0) is 4.79 Å². The molecule has 1 aromatic carbocycles. The Morgan fingerprint density at radius 1 is 1.28 bits per heavy atom. The van der Waals surface area contributed by atoms with Crippen LogP contribution in [0.5, 0.6) is 0 Å². The highest BCUT2D eigenvalue weighted by atomic mass is 35.5. The molecule has 1 N–H and O–H groups in total. The highest BCUT2D eigenvalue weighted by Gasteiger charge is 2.13. The fourth-order valence-electron chi connectivity index (χ4n) is 1.99. The number of aromatic nitrogens is 3. The van der Waals surface area contributed by atoms with E-state index in [1.807, 2.05) is 31.2 Å². The molecule has 3 aromatic rings. The Morgan fingerprint density at radius 2 is 2.08 bits per heavy atom. The number of carbonyl (C=O) groups is 1. The van der Waals surface area contributed by atoms with Crippen molar-refractivity contribution in [1.29, 1.82) is 0 Å². The second-order valence-corrected chi connectivity index (χ2v) is 6.78. The normalized spacial score (nSPS) is 10.7. The van der Waals surface area contributed by atoms with E-state index in [9.17, 15) is 4.79 Å². The first kappa shape index (κ1) is 17.7. The van der Waals surface area contributed by atoms with Crippen LogP contribution in [0, 0.1) is 6.92 Å². The monoisotopic (exact) mass is 394 g/mol. The minimum atomic E-state index is -0.294. The van der Waals surface area contributed by atoms with Crippen molar-refractivity contribution in [1.82, 2.24) is 15.2 Å². The van der Waals surface area contributed by atoms with Crippen molar-refractivity contribution < 1.29 is 9.21 Å². The highest BCUT2D eigenvalue weighted by molar-refractivity contribution is 7.99. The SMILES string of the molecule is Cc1ccccc1-c1nnc(SCC(=O)Nc2ncc(Cl)cc2Cl)o1. The van der Waals surface area contributed by atoms with Crippen LogP contribution in [0.4, 0.5) is 5.82 Å². The molecule has 128 valence electrons. The Bertz CT molecular complexity index is 917. The number of amides is 1. The number of nitrogens with one attached hydrogen (secondary N) is 1. The summed E-state index contributed by atoms with van der Waals surface area (Å²) in [7, 11) is 0. The van der Waals surface area contributed by atoms with E-state index in [4.69, 9.17) is 27.6 Å². The van der Waals surface area contributed by atoms with E-state index >= 15 is 0 Å². The number of aryl methyl sites for hydroxylation is 1. The van der Waals surface area contributed by atoms with Crippen molar-refractivity contribution in [3.05, 3.63) is 52.1 Å². The molecular formula is C16H12Cl2N4O2S. The summed E-state index contributed by atoms with van der Waals surface area (Å²) in [5.41, 5.74) is 1.90. The van der Waals surface area contributed by atoms with Gasteiger partial charge in [0.05, 0.1) is 15.8 Å². The van der Waals surface area contributed by atoms with Crippen LogP contribution < -0.4 is 5.32 Å². The van der Waals surface area contributed by atoms with Crippen LogP contribution in [0.25, 0.3) is 11.5 Å². The Balaban J connectivity index is 1.60. The molecule has 0 aliphatic rings. The van der Waals surface area contributed by atoms with Crippen molar-refractivity contribution in [3.63, 3.8) is 0 Å². The summed E-state index contributed by atoms with van der Waals surface area (Å²) in [5, 5.41) is 11.5. The van der Waals surface area contributed by atoms with Crippen molar-refractivity contribution in [2.24, 2.45) is 0 Å². The summed E-state index contributed by atoms with van der Waals surface area (Å²) in [6, 6.07) is 9.20. The molecule has 0 unspecified atom stereocenters. The second-order valence-electron chi connectivity index (χ2n) is 5.01. The van der Waals surface area contributed by atoms with Crippen molar-refractivity contribution in [2.45, 2.75) is 12.1 Å². The lowest BCUT2D eigenvalue weighted by Crippen LogP contribution is -2.15. The minimum absolute atomic E-state index is 0.0794. The van der Waals surface area contributed by atoms with Crippen LogP contribution in [0.15, 0.2) is 46.2 Å². The lowest BCUT2D eigenvalue weighted by atomic mass is 10.1. The molecule has 25 heavy (non-hydrogen) atoms. The molecule has 0 atom stereocenters. The summed E-state index contributed by atoms with van der Waals surface area (Å²) < 4.78 is 5.59. The largest absolute Gasteiger partial charge is 0.411 e. The number of rotatable bonds is 5. The molecular weight excluding hydrogens is 383 g/mol. The third kappa shape index (κ3) is 4.50. The van der Waals surface area contributed by atoms with Crippen LogP contribution in [0.1, 0.15) is 5.56 Å². The molecule has 0 radical (unpaired) electrons. The maximum atomic E-state index is 12.0. The number of nitrogens with zero attached hydrogens (tertiary/aromatic N) is 3. The third-order valence-corrected chi connectivity index (χ3v) is 4.49. The molecule has 9 heteroatoms. The summed E-state index contributed by atoms with van der Waals surface area (Å²) in [6.45, 7) is 1.96. The molecule has 0 fully saturated rings. The first-order valence-electron chi connectivity index (χ1n) is 7.16. The van der Waals surface area contributed by atoms with Gasteiger partial charge in [-0.25, -0.2) is 4.98 Å². The average Bonchev–Trinajstić information content (AvgIpc) is 3.05. The van der Waals surface area contributed by atoms with Crippen LogP contribution in [0.2, 0.25) is 10.0 Å². The molecule has 0 aliphatic heterocycles. The zero-order valence-electron chi connectivity index (χ0n) is 13.0. The third-order valence-electron chi connectivity index (χ3n) is 3.17. The standard InChI is InChI=1S/C16H12Cl2N4O2S/c1-9-4-2-3-5-11(9)15-21-22-16(24-15)25-8-13(23)20-14-12(18)6-10(17)7-19-14/h2-7H,8H2,1H3,(H,19,20,23). The minimum Gasteiger partial charge on any atom is -0.411 e. The van der Waals surface area contributed by atoms with Crippen molar-refractivity contribution in [3.8, 4) is 11.5 Å². The number of hydrogen-bond acceptors (Lipinski definition) is 6. The van der Waals surface area contributed by atoms with Gasteiger partial charge in [0.2, 0.25) is 11.8 Å². The van der Waals surface area contributed by atoms with Gasteiger partial charge in [-0.2, -0.15) is 0 Å². The fraction of sp³-hybridized carbons (Fsp3) is 0.125. The van der Waals surface area contributed by atoms with E-state index in [1.54, 1.807) is 0 Å². The Hall–Kier alpha value is -2.09. The Labute approximate surface area is 158 Å². The van der Waals surface area contributed by atoms with Gasteiger partial charge in [-0.05, 0) is 24.6 Å². The lowest BCUT2D eigenvalue weighted by Gasteiger charge is -2.05. The van der Waals surface area contributed by atoms with Gasteiger partial charge in [0.1, 0.15) is 0 Å². The summed E-state index contributed by atoms with van der Waals surface area (Å²) in [4.78, 5) is 16.0. The molecule has 0 spiro atoms. The van der Waals surface area contributed by atoms with Gasteiger partial charge in [-0.15, -0.1) is 10.2 Å². The smallest absolute Gasteiger partial charge is 0.277 e. The zero-order chi connectivity index (χ0) is 17.8. The van der Waals surface area contributed by atoms with E-state index in [0.717, 1.165) is 22.9 Å². The predicted molar refractivity (Wildman–Crippen MR) is 98.1 cm³/mol. The number of hydrogen-bond donors (Lipinski definition) is 1. The second kappa shape index (κ2) is 7.86. The van der Waals surface area contributed by atoms with Gasteiger partial charge >= 0.3 is 0 Å². The maximum absolute atomic E-state index is 12.0. The lowest BCUT2D eigenvalue weighted by molar-refractivity contribution is -0.113. The van der Waals surface area contributed by atoms with Gasteiger partial charge in [0.15, 0.2) is 5.82 Å². The number of pyridine rings is 1. The molecule has 3 rings (SSSR count). The molecule has 0 saturated heterocycles. The van der Waals surface area contributed by atoms with Crippen molar-refractivity contribution in [2.75, 3.05) is 11.1 Å². The Kier molecular flexibility index (Phi) is 5.57. The van der Waals surface area contributed by atoms with Crippen molar-refractivity contribution >= 4 is 46.7 Å². The fourth-order valence-corrected chi connectivity index (χ4v) is 2.98. The van der Waals surface area contributed by atoms with Gasteiger partial charge in [-0.1, -0.05) is 53.2 Å². The predicted octanol–water partition coefficient (Wildman–Crippen LogP) is 4.48. The number of halogens is 2. The van der Waals surface area contributed by atoms with Gasteiger partial charge in [0.25, 0.3) is 5.22 Å². The first-order valence-corrected chi connectivity index (χ1v) is 8.90. The van der Waals surface area contributed by atoms with E-state index in [1.165, 1.54) is 12.3 Å². The molecule has 0 aliphatic carbocycles. The average molecular weight is 395 g/mol. The molecule has 2 aromatic heterocycles. The summed E-state index contributed by atoms with van der Waals surface area (Å²) in [5.74, 6) is 0.458. The number of thioether (sulfide) groups is 1. The van der Waals surface area contributed by atoms with Crippen LogP contribution >= 0.6 is 35.0 Å². The molecule has 0 saturated carbocycles. The number of benzene rings is 1. The maximum Gasteiger partial charge on any atom is 0.277 e. The molecule has 0 bridgehead atoms. The summed E-state index contributed by atoms with van der Waals surface area (Å²) >= 11 is 12.9. The number of carbonyl (C=O) groups excluding carboxylic acids is 1. The highest BCUT2D eigenvalue weighted by Crippen LogP contribution is 2.26. The Morgan fingerprint density at radius 3 is 2.84 bits per heavy atom. The number of anilines is 1. The van der Waals surface area contributed by atoms with E-state index in [2.05, 4.69) is 20.5 Å². The van der Waals surface area contributed by atoms with E-state index in [-0.39, 0.29) is 22.5 Å². The van der Waals surface area contributed by atoms with Crippen LogP contribution in [0.3, 0.4) is 0 Å². The molecule has 1 amide bonds. The van der Waals surface area contributed by atoms with E-state index in [0.29, 0.717) is 16.1 Å². The quantitative estimate of drug-likeness (QED) is 0.642. The summed E-state index contributed by atoms with van der Waals surface area (Å²) in [6.07, 6.45) is 1.41. The van der Waals surface area contributed by atoms with Gasteiger partial charge in [0, 0.05) is 11.8 Å². The van der Waals surface area contributed by atoms with Gasteiger partial charge in [-0.3, -0.25) is 4.79 Å². The topological polar surface area (TPSA) is 80.9 Å². The zero-order valence-corrected chi connectivity index (χ0v) is 15.3. The van der Waals surface area contributed by atoms with Gasteiger partial charge < -0.3 is 9.73 Å². The molecule has 6 nitrogen and oxygen atoms in total. The van der Waals surface area contributed by atoms with Crippen LogP contribution in [-0.4, -0.2) is 26.8 Å². The molecule has 2 heterocycles. The first-order chi connectivity index (χ1) is 12.0. The van der Waals surface area contributed by atoms with E-state index < -0.39 is 0 Å².